The van der Waals surface area contributed by atoms with Gasteiger partial charge in [-0.25, -0.2) is 4.98 Å². The first-order valence-corrected chi connectivity index (χ1v) is 11.7. The highest BCUT2D eigenvalue weighted by Gasteiger charge is 2.21. The Morgan fingerprint density at radius 1 is 1.00 bits per heavy atom. The molecule has 0 fully saturated rings. The number of hydrogen-bond acceptors (Lipinski definition) is 5. The monoisotopic (exact) mass is 477 g/mol. The Labute approximate surface area is 208 Å². The van der Waals surface area contributed by atoms with Gasteiger partial charge in [0.15, 0.2) is 12.6 Å². The molecular weight excluding hydrogens is 452 g/mol. The molecule has 1 aliphatic heterocycles. The molecule has 0 bridgehead atoms. The minimum atomic E-state index is -0.487. The predicted molar refractivity (Wildman–Crippen MR) is 140 cm³/mol. The Morgan fingerprint density at radius 3 is 2.67 bits per heavy atom. The van der Waals surface area contributed by atoms with E-state index in [1.165, 1.54) is 0 Å². The van der Waals surface area contributed by atoms with E-state index in [9.17, 15) is 9.59 Å². The fraction of sp³-hybridized carbons (Fsp3) is 0.138. The zero-order chi connectivity index (χ0) is 25.1. The van der Waals surface area contributed by atoms with Gasteiger partial charge in [0.05, 0.1) is 28.1 Å². The van der Waals surface area contributed by atoms with Crippen molar-refractivity contribution in [2.75, 3.05) is 5.73 Å². The van der Waals surface area contributed by atoms with Crippen LogP contribution in [0.2, 0.25) is 0 Å². The minimum absolute atomic E-state index is 0.0270. The highest BCUT2D eigenvalue weighted by molar-refractivity contribution is 6.15. The summed E-state index contributed by atoms with van der Waals surface area (Å²) in [5, 5.41) is 0. The fourth-order valence-corrected chi connectivity index (χ4v) is 4.44. The van der Waals surface area contributed by atoms with Crippen LogP contribution in [-0.4, -0.2) is 39.8 Å². The Hall–Kier alpha value is -4.65. The number of nitrogen functional groups attached to an aromatic ring is 1. The van der Waals surface area contributed by atoms with Crippen molar-refractivity contribution in [3.05, 3.63) is 107 Å². The molecule has 0 amide bonds. The second kappa shape index (κ2) is 9.92. The molecule has 2 N–H and O–H groups in total. The van der Waals surface area contributed by atoms with Crippen molar-refractivity contribution in [2.45, 2.75) is 25.4 Å². The molecule has 7 heteroatoms. The number of rotatable bonds is 7. The lowest BCUT2D eigenvalue weighted by molar-refractivity contribution is -0.334. The summed E-state index contributed by atoms with van der Waals surface area (Å²) in [5.74, 6) is -0.0465. The summed E-state index contributed by atoms with van der Waals surface area (Å²) < 4.78 is 6.53. The molecule has 7 nitrogen and oxygen atoms in total. The van der Waals surface area contributed by atoms with E-state index >= 15 is 0 Å². The van der Waals surface area contributed by atoms with Crippen molar-refractivity contribution < 1.29 is 14.0 Å². The van der Waals surface area contributed by atoms with Crippen LogP contribution in [0.1, 0.15) is 33.5 Å². The van der Waals surface area contributed by atoms with E-state index in [2.05, 4.69) is 22.3 Å². The van der Waals surface area contributed by atoms with E-state index in [1.54, 1.807) is 30.4 Å². The quantitative estimate of drug-likeness (QED) is 0.405. The number of dihydropyridines is 1. The molecular formula is C29H25N4O3+. The first kappa shape index (κ1) is 23.1. The Balaban J connectivity index is 1.34. The number of anilines is 1. The van der Waals surface area contributed by atoms with Gasteiger partial charge in [-0.2, -0.15) is 0 Å². The number of ketones is 1. The van der Waals surface area contributed by atoms with E-state index in [4.69, 9.17) is 10.7 Å². The fourth-order valence-electron chi connectivity index (χ4n) is 4.44. The van der Waals surface area contributed by atoms with Gasteiger partial charge < -0.3 is 10.3 Å². The summed E-state index contributed by atoms with van der Waals surface area (Å²) in [6, 6.07) is 22.6. The number of nitrogens with zero attached hydrogens (tertiary/aromatic N) is 3. The zero-order valence-corrected chi connectivity index (χ0v) is 19.6. The average Bonchev–Trinajstić information content (AvgIpc) is 3.22. The summed E-state index contributed by atoms with van der Waals surface area (Å²) in [6.45, 7) is 3.75. The number of carbonyl (C=O) groups excluding carboxylic acids is 3. The highest BCUT2D eigenvalue weighted by Crippen LogP contribution is 2.21. The van der Waals surface area contributed by atoms with Crippen molar-refractivity contribution in [3.8, 4) is 0 Å². The van der Waals surface area contributed by atoms with Crippen LogP contribution in [0.5, 0.6) is 0 Å². The summed E-state index contributed by atoms with van der Waals surface area (Å²) in [7, 11) is 0. The smallest absolute Gasteiger partial charge is 0.369 e. The summed E-state index contributed by atoms with van der Waals surface area (Å²) in [4.78, 5) is 33.5. The van der Waals surface area contributed by atoms with E-state index in [0.29, 0.717) is 30.9 Å². The lowest BCUT2D eigenvalue weighted by atomic mass is 9.97. The summed E-state index contributed by atoms with van der Waals surface area (Å²) in [6.07, 6.45) is 4.50. The second-order valence-corrected chi connectivity index (χ2v) is 8.68. The van der Waals surface area contributed by atoms with E-state index in [-0.39, 0.29) is 5.78 Å². The van der Waals surface area contributed by atoms with Crippen LogP contribution in [0.4, 0.5) is 5.95 Å². The molecule has 1 unspecified atom stereocenters. The molecule has 178 valence electrons. The van der Waals surface area contributed by atoms with Crippen molar-refractivity contribution in [1.29, 1.82) is 0 Å². The largest absolute Gasteiger partial charge is 0.612 e. The molecule has 36 heavy (non-hydrogen) atoms. The number of aromatic nitrogens is 2. The van der Waals surface area contributed by atoms with E-state index < -0.39 is 12.0 Å². The van der Waals surface area contributed by atoms with Gasteiger partial charge >= 0.3 is 5.97 Å². The molecule has 3 aromatic carbocycles. The van der Waals surface area contributed by atoms with Crippen LogP contribution in [0.25, 0.3) is 11.0 Å². The van der Waals surface area contributed by atoms with Crippen LogP contribution >= 0.6 is 0 Å². The number of aliphatic imine (C=N–C) groups is 1. The maximum atomic E-state index is 12.6. The Bertz CT molecular complexity index is 1550. The standard InChI is InChI=1S/C29H25N4O3/c1-36-28(35)22-9-4-6-19(16-22)12-13-25-27(34)15-14-23(31-25)21-8-5-7-20(17-21)18-33-26-11-3-2-10-24(26)32-29(33)30/h2-11,14-17,25H,1,12-13,18H2,(H2,30,32)/q+1. The number of allylic oxidation sites excluding steroid dienone is 1. The first-order chi connectivity index (χ1) is 17.5. The van der Waals surface area contributed by atoms with Gasteiger partial charge in [0.2, 0.25) is 5.95 Å². The maximum Gasteiger partial charge on any atom is 0.612 e. The molecule has 0 saturated heterocycles. The van der Waals surface area contributed by atoms with Gasteiger partial charge in [-0.05, 0) is 66.5 Å². The summed E-state index contributed by atoms with van der Waals surface area (Å²) >= 11 is 0. The number of fused-ring (bicyclic) bond motifs is 1. The lowest BCUT2D eigenvalue weighted by Gasteiger charge is -2.16. The molecule has 4 aromatic rings. The molecule has 1 aliphatic rings. The van der Waals surface area contributed by atoms with Gasteiger partial charge in [-0.3, -0.25) is 14.2 Å². The third-order valence-electron chi connectivity index (χ3n) is 6.28. The lowest BCUT2D eigenvalue weighted by Crippen LogP contribution is -2.23. The van der Waals surface area contributed by atoms with E-state index in [1.807, 2.05) is 53.1 Å². The second-order valence-electron chi connectivity index (χ2n) is 8.68. The number of imidazole rings is 1. The molecule has 0 spiro atoms. The Morgan fingerprint density at radius 2 is 1.81 bits per heavy atom. The van der Waals surface area contributed by atoms with Gasteiger partial charge in [0.25, 0.3) is 0 Å². The Kier molecular flexibility index (Phi) is 6.36. The highest BCUT2D eigenvalue weighted by atomic mass is 16.4. The molecule has 0 aliphatic carbocycles. The van der Waals surface area contributed by atoms with Crippen LogP contribution in [0.3, 0.4) is 0 Å². The van der Waals surface area contributed by atoms with Crippen molar-refractivity contribution in [1.82, 2.24) is 9.55 Å². The molecule has 2 heterocycles. The molecule has 0 radical (unpaired) electrons. The minimum Gasteiger partial charge on any atom is -0.369 e. The third-order valence-corrected chi connectivity index (χ3v) is 6.28. The van der Waals surface area contributed by atoms with Gasteiger partial charge in [-0.1, -0.05) is 42.5 Å². The van der Waals surface area contributed by atoms with Crippen LogP contribution in [0.15, 0.2) is 89.9 Å². The van der Waals surface area contributed by atoms with Crippen molar-refractivity contribution in [3.63, 3.8) is 0 Å². The molecule has 1 aromatic heterocycles. The zero-order valence-electron chi connectivity index (χ0n) is 19.6. The molecule has 5 rings (SSSR count). The van der Waals surface area contributed by atoms with E-state index in [0.717, 1.165) is 33.4 Å². The summed E-state index contributed by atoms with van der Waals surface area (Å²) in [5.41, 5.74) is 12.1. The molecule has 0 saturated carbocycles. The average molecular weight is 478 g/mol. The number of carbonyl (C=O) groups is 2. The van der Waals surface area contributed by atoms with Crippen molar-refractivity contribution in [2.24, 2.45) is 4.99 Å². The number of benzene rings is 3. The SMILES string of the molecule is C=[O+]C(=O)c1cccc(CCC2N=C(c3cccc(Cn4c(N)nc5ccccc54)c3)C=CC2=O)c1. The van der Waals surface area contributed by atoms with Gasteiger partial charge in [0, 0.05) is 5.56 Å². The maximum absolute atomic E-state index is 12.6. The first-order valence-electron chi connectivity index (χ1n) is 11.7. The predicted octanol–water partition coefficient (Wildman–Crippen LogP) is 4.10. The van der Waals surface area contributed by atoms with Crippen molar-refractivity contribution >= 4 is 41.2 Å². The topological polar surface area (TPSA) is 102 Å². The van der Waals surface area contributed by atoms with Crippen LogP contribution < -0.4 is 5.73 Å². The number of nitrogens with two attached hydrogens (primary N) is 1. The number of aryl methyl sites for hydroxylation is 1. The molecule has 1 atom stereocenters. The van der Waals surface area contributed by atoms with Crippen LogP contribution in [0, 0.1) is 0 Å². The van der Waals surface area contributed by atoms with Crippen LogP contribution in [-0.2, 0) is 22.2 Å². The van der Waals surface area contributed by atoms with Gasteiger partial charge in [-0.15, -0.1) is 0 Å². The third kappa shape index (κ3) is 4.77. The van der Waals surface area contributed by atoms with Gasteiger partial charge in [0.1, 0.15) is 11.6 Å². The number of para-hydroxylation sites is 2. The normalized spacial score (nSPS) is 15.2. The number of hydrogen-bond donors (Lipinski definition) is 1.